The van der Waals surface area contributed by atoms with Crippen LogP contribution in [0.5, 0.6) is 0 Å². The van der Waals surface area contributed by atoms with Crippen molar-refractivity contribution in [2.75, 3.05) is 13.1 Å². The highest BCUT2D eigenvalue weighted by Gasteiger charge is 2.46. The van der Waals surface area contributed by atoms with E-state index in [2.05, 4.69) is 29.6 Å². The Morgan fingerprint density at radius 1 is 0.800 bits per heavy atom. The Morgan fingerprint density at radius 3 is 1.91 bits per heavy atom. The molecule has 3 aromatic carbocycles. The van der Waals surface area contributed by atoms with Crippen molar-refractivity contribution in [2.24, 2.45) is 0 Å². The minimum atomic E-state index is -1.84. The van der Waals surface area contributed by atoms with E-state index in [4.69, 9.17) is 4.74 Å². The third-order valence-corrected chi connectivity index (χ3v) is 7.17. The fraction of sp³-hybridized carbons (Fsp3) is 0.387. The number of ether oxygens (including phenoxy) is 1. The van der Waals surface area contributed by atoms with Crippen LogP contribution in [-0.4, -0.2) is 29.8 Å². The molecule has 4 nitrogen and oxygen atoms in total. The van der Waals surface area contributed by atoms with Crippen LogP contribution in [-0.2, 0) is 21.6 Å². The predicted molar refractivity (Wildman–Crippen MR) is 140 cm³/mol. The molecule has 1 saturated carbocycles. The van der Waals surface area contributed by atoms with Gasteiger partial charge in [0.25, 0.3) is 0 Å². The van der Waals surface area contributed by atoms with Crippen LogP contribution >= 0.6 is 0 Å². The summed E-state index contributed by atoms with van der Waals surface area (Å²) < 4.78 is 6.30. The minimum absolute atomic E-state index is 0.529. The minimum Gasteiger partial charge on any atom is -0.456 e. The Bertz CT molecular complexity index is 991. The van der Waals surface area contributed by atoms with Gasteiger partial charge in [-0.3, -0.25) is 0 Å². The number of aryl methyl sites for hydroxylation is 1. The van der Waals surface area contributed by atoms with Crippen LogP contribution in [0.2, 0.25) is 0 Å². The summed E-state index contributed by atoms with van der Waals surface area (Å²) in [6.07, 6.45) is 7.78. The Labute approximate surface area is 209 Å². The van der Waals surface area contributed by atoms with Gasteiger partial charge in [-0.05, 0) is 74.7 Å². The zero-order valence-electron chi connectivity index (χ0n) is 20.5. The summed E-state index contributed by atoms with van der Waals surface area (Å²) in [5, 5.41) is 15.4. The van der Waals surface area contributed by atoms with Gasteiger partial charge in [0.2, 0.25) is 5.60 Å². The van der Waals surface area contributed by atoms with Gasteiger partial charge in [0.05, 0.1) is 0 Å². The first-order valence-electron chi connectivity index (χ1n) is 12.9. The lowest BCUT2D eigenvalue weighted by molar-refractivity contribution is -0.183. The number of carbonyl (C=O) groups excluding carboxylic acids is 1. The van der Waals surface area contributed by atoms with E-state index in [1.54, 1.807) is 24.3 Å². The third kappa shape index (κ3) is 6.39. The van der Waals surface area contributed by atoms with E-state index in [1.807, 2.05) is 42.5 Å². The topological polar surface area (TPSA) is 58.6 Å². The maximum absolute atomic E-state index is 13.7. The number of hydrogen-bond donors (Lipinski definition) is 2. The molecule has 1 aliphatic carbocycles. The average molecular weight is 472 g/mol. The molecule has 0 aromatic heterocycles. The fourth-order valence-corrected chi connectivity index (χ4v) is 5.13. The second-order valence-electron chi connectivity index (χ2n) is 9.66. The molecule has 0 amide bonds. The Kier molecular flexibility index (Phi) is 8.73. The first kappa shape index (κ1) is 25.2. The zero-order valence-corrected chi connectivity index (χ0v) is 20.5. The molecule has 1 aliphatic rings. The van der Waals surface area contributed by atoms with Crippen LogP contribution in [0.3, 0.4) is 0 Å². The van der Waals surface area contributed by atoms with E-state index in [0.29, 0.717) is 11.1 Å². The van der Waals surface area contributed by atoms with Crippen molar-refractivity contribution < 1.29 is 14.6 Å². The number of esters is 1. The number of rotatable bonds is 11. The van der Waals surface area contributed by atoms with Crippen molar-refractivity contribution >= 4 is 5.97 Å². The normalized spacial score (nSPS) is 15.5. The molecule has 0 saturated heterocycles. The highest BCUT2D eigenvalue weighted by molar-refractivity contribution is 5.85. The average Bonchev–Trinajstić information content (AvgIpc) is 2.92. The van der Waals surface area contributed by atoms with E-state index in [-0.39, 0.29) is 0 Å². The molecule has 1 fully saturated rings. The number of aliphatic hydroxyl groups is 1. The molecule has 3 aromatic rings. The lowest BCUT2D eigenvalue weighted by Gasteiger charge is -2.40. The standard InChI is InChI=1S/C31H37NO3/c33-29(31(34,27-17-7-2-8-18-27)28-19-9-3-10-20-28)35-30(21-11-4-12-22-30)23-25-32-24-13-16-26-14-5-1-6-15-26/h1-3,5-10,14-15,17-20,32,34H,4,11-13,16,21-25H2. The summed E-state index contributed by atoms with van der Waals surface area (Å²) in [6.45, 7) is 1.72. The molecule has 0 bridgehead atoms. The monoisotopic (exact) mass is 471 g/mol. The highest BCUT2D eigenvalue weighted by Crippen LogP contribution is 2.39. The lowest BCUT2D eigenvalue weighted by Crippen LogP contribution is -2.47. The maximum atomic E-state index is 13.7. The maximum Gasteiger partial charge on any atom is 0.348 e. The summed E-state index contributed by atoms with van der Waals surface area (Å²) >= 11 is 0. The molecule has 0 atom stereocenters. The molecular formula is C31H37NO3. The molecular weight excluding hydrogens is 434 g/mol. The summed E-state index contributed by atoms with van der Waals surface area (Å²) in [4.78, 5) is 13.7. The van der Waals surface area contributed by atoms with Gasteiger partial charge in [-0.2, -0.15) is 0 Å². The largest absolute Gasteiger partial charge is 0.456 e. The van der Waals surface area contributed by atoms with Crippen LogP contribution in [0.25, 0.3) is 0 Å². The van der Waals surface area contributed by atoms with Crippen LogP contribution in [0.4, 0.5) is 0 Å². The quantitative estimate of drug-likeness (QED) is 0.275. The van der Waals surface area contributed by atoms with E-state index >= 15 is 0 Å². The number of benzene rings is 3. The second-order valence-corrected chi connectivity index (χ2v) is 9.66. The van der Waals surface area contributed by atoms with E-state index in [1.165, 1.54) is 5.56 Å². The number of nitrogens with one attached hydrogen (secondary N) is 1. The highest BCUT2D eigenvalue weighted by atomic mass is 16.6. The van der Waals surface area contributed by atoms with Crippen molar-refractivity contribution in [2.45, 2.75) is 62.6 Å². The Hall–Kier alpha value is -2.95. The van der Waals surface area contributed by atoms with Crippen molar-refractivity contribution in [1.82, 2.24) is 5.32 Å². The predicted octanol–water partition coefficient (Wildman–Crippen LogP) is 5.78. The number of hydrogen-bond acceptors (Lipinski definition) is 4. The molecule has 0 unspecified atom stereocenters. The molecule has 184 valence electrons. The second kappa shape index (κ2) is 12.1. The molecule has 35 heavy (non-hydrogen) atoms. The summed E-state index contributed by atoms with van der Waals surface area (Å²) in [5.74, 6) is -0.583. The van der Waals surface area contributed by atoms with E-state index in [0.717, 1.165) is 64.5 Å². The van der Waals surface area contributed by atoms with Crippen LogP contribution in [0, 0.1) is 0 Å². The van der Waals surface area contributed by atoms with Crippen molar-refractivity contribution in [3.63, 3.8) is 0 Å². The van der Waals surface area contributed by atoms with Gasteiger partial charge < -0.3 is 15.2 Å². The van der Waals surface area contributed by atoms with Gasteiger partial charge in [0.1, 0.15) is 5.60 Å². The third-order valence-electron chi connectivity index (χ3n) is 7.17. The molecule has 0 heterocycles. The first-order chi connectivity index (χ1) is 17.1. The van der Waals surface area contributed by atoms with E-state index < -0.39 is 17.2 Å². The Balaban J connectivity index is 1.42. The molecule has 2 N–H and O–H groups in total. The van der Waals surface area contributed by atoms with E-state index in [9.17, 15) is 9.90 Å². The van der Waals surface area contributed by atoms with Crippen LogP contribution in [0.1, 0.15) is 61.6 Å². The fourth-order valence-electron chi connectivity index (χ4n) is 5.13. The van der Waals surface area contributed by atoms with Crippen molar-refractivity contribution in [3.8, 4) is 0 Å². The van der Waals surface area contributed by atoms with Crippen LogP contribution < -0.4 is 5.32 Å². The molecule has 4 rings (SSSR count). The van der Waals surface area contributed by atoms with Gasteiger partial charge >= 0.3 is 5.97 Å². The molecule has 0 spiro atoms. The van der Waals surface area contributed by atoms with Gasteiger partial charge in [-0.25, -0.2) is 4.79 Å². The van der Waals surface area contributed by atoms with Gasteiger partial charge in [-0.15, -0.1) is 0 Å². The molecule has 0 aliphatic heterocycles. The summed E-state index contributed by atoms with van der Waals surface area (Å²) in [6, 6.07) is 28.8. The van der Waals surface area contributed by atoms with Gasteiger partial charge in [0.15, 0.2) is 0 Å². The smallest absolute Gasteiger partial charge is 0.348 e. The van der Waals surface area contributed by atoms with Crippen LogP contribution in [0.15, 0.2) is 91.0 Å². The molecule has 4 heteroatoms. The lowest BCUT2D eigenvalue weighted by atomic mass is 9.81. The van der Waals surface area contributed by atoms with Crippen molar-refractivity contribution in [3.05, 3.63) is 108 Å². The summed E-state index contributed by atoms with van der Waals surface area (Å²) in [5.41, 5.74) is 0.0329. The number of carbonyl (C=O) groups is 1. The Morgan fingerprint density at radius 2 is 1.34 bits per heavy atom. The van der Waals surface area contributed by atoms with Gasteiger partial charge in [0, 0.05) is 0 Å². The zero-order chi connectivity index (χ0) is 24.4. The SMILES string of the molecule is O=C(OC1(CCNCCCc2ccccc2)CCCCC1)C(O)(c1ccccc1)c1ccccc1. The summed E-state index contributed by atoms with van der Waals surface area (Å²) in [7, 11) is 0. The molecule has 0 radical (unpaired) electrons. The first-order valence-corrected chi connectivity index (χ1v) is 12.9. The van der Waals surface area contributed by atoms with Crippen molar-refractivity contribution in [1.29, 1.82) is 0 Å². The van der Waals surface area contributed by atoms with Gasteiger partial charge in [-0.1, -0.05) is 97.4 Å².